The number of carbonyl (C=O) groups excluding carboxylic acids is 2. The fourth-order valence-corrected chi connectivity index (χ4v) is 1.05. The summed E-state index contributed by atoms with van der Waals surface area (Å²) in [4.78, 5) is 21.9. The Balaban J connectivity index is -0.000000163. The van der Waals surface area contributed by atoms with Crippen molar-refractivity contribution >= 4 is 81.7 Å². The second-order valence-electron chi connectivity index (χ2n) is 2.80. The summed E-state index contributed by atoms with van der Waals surface area (Å²) < 4.78 is 4.74. The Hall–Kier alpha value is 1.20. The monoisotopic (exact) mass is 385 g/mol. The predicted octanol–water partition coefficient (Wildman–Crippen LogP) is 2.79. The maximum Gasteiger partial charge on any atom is 0.305 e. The SMILES string of the molecule is CCOC(=O)CCC(NC)C(C)=O.SS.SS.SS. The molecule has 0 fully saturated rings. The van der Waals surface area contributed by atoms with Crippen molar-refractivity contribution in [3.8, 4) is 0 Å². The van der Waals surface area contributed by atoms with E-state index < -0.39 is 0 Å². The van der Waals surface area contributed by atoms with Gasteiger partial charge in [-0.15, -0.1) is 70.0 Å². The molecule has 1 N–H and O–H groups in total. The van der Waals surface area contributed by atoms with Crippen LogP contribution in [0.25, 0.3) is 0 Å². The predicted molar refractivity (Wildman–Crippen MR) is 103 cm³/mol. The molecule has 0 spiro atoms. The van der Waals surface area contributed by atoms with E-state index in [0.29, 0.717) is 19.4 Å². The fourth-order valence-electron chi connectivity index (χ4n) is 1.05. The van der Waals surface area contributed by atoms with Crippen molar-refractivity contribution in [1.29, 1.82) is 0 Å². The number of carbonyl (C=O) groups is 2. The van der Waals surface area contributed by atoms with E-state index in [1.807, 2.05) is 0 Å². The first-order valence-electron chi connectivity index (χ1n) is 5.05. The summed E-state index contributed by atoms with van der Waals surface area (Å²) in [5.41, 5.74) is 0. The first kappa shape index (κ1) is 28.4. The zero-order valence-corrected chi connectivity index (χ0v) is 16.5. The van der Waals surface area contributed by atoms with Gasteiger partial charge in [0.25, 0.3) is 0 Å². The maximum atomic E-state index is 10.9. The van der Waals surface area contributed by atoms with Crippen LogP contribution in [0.15, 0.2) is 0 Å². The highest BCUT2D eigenvalue weighted by Crippen LogP contribution is 1.99. The highest BCUT2D eigenvalue weighted by Gasteiger charge is 2.13. The molecule has 0 aromatic rings. The lowest BCUT2D eigenvalue weighted by atomic mass is 10.1. The van der Waals surface area contributed by atoms with Crippen molar-refractivity contribution in [2.24, 2.45) is 0 Å². The first-order valence-corrected chi connectivity index (χ1v) is 9.85. The second-order valence-corrected chi connectivity index (χ2v) is 2.80. The fraction of sp³-hybridized carbons (Fsp3) is 0.778. The van der Waals surface area contributed by atoms with Crippen LogP contribution in [0.1, 0.15) is 26.7 Å². The topological polar surface area (TPSA) is 55.4 Å². The molecule has 0 aromatic heterocycles. The molecule has 19 heavy (non-hydrogen) atoms. The zero-order valence-electron chi connectivity index (χ0n) is 11.1. The van der Waals surface area contributed by atoms with E-state index in [-0.39, 0.29) is 17.8 Å². The van der Waals surface area contributed by atoms with Crippen LogP contribution >= 0.6 is 70.0 Å². The van der Waals surface area contributed by atoms with Gasteiger partial charge in [0.05, 0.1) is 12.6 Å². The standard InChI is InChI=1S/C9H17NO3.3H2S2/c1-4-13-9(12)6-5-8(10-3)7(2)11;3*1-2/h8,10H,4-6H2,1-3H3;3*1-2H. The molecule has 0 aliphatic carbocycles. The average Bonchev–Trinajstić information content (AvgIpc) is 2.46. The molecule has 118 valence electrons. The average molecular weight is 386 g/mol. The molecule has 0 amide bonds. The second kappa shape index (κ2) is 27.5. The summed E-state index contributed by atoms with van der Waals surface area (Å²) >= 11 is 19.3. The number of ether oxygens (including phenoxy) is 1. The Morgan fingerprint density at radius 3 is 1.79 bits per heavy atom. The van der Waals surface area contributed by atoms with Crippen LogP contribution < -0.4 is 5.32 Å². The molecule has 0 radical (unpaired) electrons. The van der Waals surface area contributed by atoms with Crippen molar-refractivity contribution in [3.05, 3.63) is 0 Å². The molecule has 0 heterocycles. The van der Waals surface area contributed by atoms with Gasteiger partial charge in [0.2, 0.25) is 0 Å². The Labute approximate surface area is 147 Å². The van der Waals surface area contributed by atoms with Crippen molar-refractivity contribution in [3.63, 3.8) is 0 Å². The number of hydrogen-bond donors (Lipinski definition) is 7. The number of esters is 1. The number of hydrogen-bond acceptors (Lipinski definition) is 10. The summed E-state index contributed by atoms with van der Waals surface area (Å²) in [7, 11) is 1.71. The van der Waals surface area contributed by atoms with Gasteiger partial charge in [-0.2, -0.15) is 0 Å². The van der Waals surface area contributed by atoms with Crippen molar-refractivity contribution in [2.75, 3.05) is 13.7 Å². The third-order valence-electron chi connectivity index (χ3n) is 1.78. The van der Waals surface area contributed by atoms with E-state index in [0.717, 1.165) is 0 Å². The molecule has 0 saturated carbocycles. The van der Waals surface area contributed by atoms with Gasteiger partial charge in [-0.05, 0) is 27.3 Å². The Morgan fingerprint density at radius 2 is 1.53 bits per heavy atom. The maximum absolute atomic E-state index is 10.9. The lowest BCUT2D eigenvalue weighted by Crippen LogP contribution is -2.32. The molecule has 1 atom stereocenters. The molecule has 0 aromatic carbocycles. The molecule has 0 saturated heterocycles. The van der Waals surface area contributed by atoms with Gasteiger partial charge in [-0.3, -0.25) is 9.59 Å². The summed E-state index contributed by atoms with van der Waals surface area (Å²) in [6, 6.07) is -0.232. The molecule has 0 aliphatic heterocycles. The summed E-state index contributed by atoms with van der Waals surface area (Å²) in [6.07, 6.45) is 0.795. The third kappa shape index (κ3) is 24.6. The van der Waals surface area contributed by atoms with Gasteiger partial charge in [0.15, 0.2) is 0 Å². The van der Waals surface area contributed by atoms with Crippen molar-refractivity contribution in [2.45, 2.75) is 32.7 Å². The van der Waals surface area contributed by atoms with E-state index in [9.17, 15) is 9.59 Å². The number of thiol groups is 6. The highest BCUT2D eigenvalue weighted by atomic mass is 33.1. The third-order valence-corrected chi connectivity index (χ3v) is 1.78. The Morgan fingerprint density at radius 1 is 1.11 bits per heavy atom. The summed E-state index contributed by atoms with van der Waals surface area (Å²) in [5.74, 6) is -0.198. The molecular formula is C9H23NO3S6. The van der Waals surface area contributed by atoms with Crippen LogP contribution in [0.3, 0.4) is 0 Å². The number of nitrogens with one attached hydrogen (secondary N) is 1. The van der Waals surface area contributed by atoms with E-state index in [4.69, 9.17) is 4.74 Å². The summed E-state index contributed by atoms with van der Waals surface area (Å²) in [5, 5.41) is 2.84. The number of likely N-dealkylation sites (N-methyl/N-ethyl adjacent to an activating group) is 1. The van der Waals surface area contributed by atoms with Crippen LogP contribution in [-0.4, -0.2) is 31.4 Å². The summed E-state index contributed by atoms with van der Waals surface area (Å²) in [6.45, 7) is 3.66. The number of rotatable bonds is 6. The molecule has 4 nitrogen and oxygen atoms in total. The number of Topliss-reactive ketones (excluding diaryl/α,β-unsaturated/α-hetero) is 1. The lowest BCUT2D eigenvalue weighted by Gasteiger charge is -2.11. The van der Waals surface area contributed by atoms with Gasteiger partial charge in [-0.25, -0.2) is 0 Å². The molecule has 0 rings (SSSR count). The van der Waals surface area contributed by atoms with E-state index in [1.165, 1.54) is 6.92 Å². The largest absolute Gasteiger partial charge is 0.466 e. The minimum Gasteiger partial charge on any atom is -0.466 e. The van der Waals surface area contributed by atoms with Gasteiger partial charge in [0, 0.05) is 6.42 Å². The minimum atomic E-state index is -0.246. The Kier molecular flexibility index (Phi) is 41.1. The lowest BCUT2D eigenvalue weighted by molar-refractivity contribution is -0.143. The van der Waals surface area contributed by atoms with E-state index in [2.05, 4.69) is 75.3 Å². The molecule has 0 bridgehead atoms. The van der Waals surface area contributed by atoms with E-state index in [1.54, 1.807) is 14.0 Å². The van der Waals surface area contributed by atoms with Crippen LogP contribution in [0.5, 0.6) is 0 Å². The van der Waals surface area contributed by atoms with Crippen LogP contribution in [0, 0.1) is 0 Å². The van der Waals surface area contributed by atoms with Crippen LogP contribution in [0.4, 0.5) is 0 Å². The smallest absolute Gasteiger partial charge is 0.305 e. The molecular weight excluding hydrogens is 363 g/mol. The van der Waals surface area contributed by atoms with Gasteiger partial charge in [-0.1, -0.05) is 0 Å². The quantitative estimate of drug-likeness (QED) is 0.218. The van der Waals surface area contributed by atoms with Crippen molar-refractivity contribution in [1.82, 2.24) is 5.32 Å². The number of ketones is 1. The molecule has 1 unspecified atom stereocenters. The van der Waals surface area contributed by atoms with Crippen molar-refractivity contribution < 1.29 is 14.3 Å². The van der Waals surface area contributed by atoms with E-state index >= 15 is 0 Å². The van der Waals surface area contributed by atoms with Gasteiger partial charge in [0.1, 0.15) is 5.78 Å². The molecule has 10 heteroatoms. The first-order chi connectivity index (χ1) is 9.11. The normalized spacial score (nSPS) is 9.32. The zero-order chi connectivity index (χ0) is 16.3. The highest BCUT2D eigenvalue weighted by molar-refractivity contribution is 8.60. The van der Waals surface area contributed by atoms with Gasteiger partial charge >= 0.3 is 5.97 Å². The van der Waals surface area contributed by atoms with Gasteiger partial charge < -0.3 is 10.1 Å². The molecule has 0 aliphatic rings. The van der Waals surface area contributed by atoms with Crippen LogP contribution in [0.2, 0.25) is 0 Å². The van der Waals surface area contributed by atoms with Crippen LogP contribution in [-0.2, 0) is 14.3 Å². The minimum absolute atomic E-state index is 0.0480. The Bertz CT molecular complexity index is 197.